The third-order valence-corrected chi connectivity index (χ3v) is 4.85. The van der Waals surface area contributed by atoms with Gasteiger partial charge in [0.15, 0.2) is 0 Å². The number of carbonyl (C=O) groups excluding carboxylic acids is 2. The second-order valence-electron chi connectivity index (χ2n) is 7.36. The van der Waals surface area contributed by atoms with Gasteiger partial charge in [0.2, 0.25) is 11.8 Å². The number of carbonyl (C=O) groups is 2. The van der Waals surface area contributed by atoms with E-state index in [0.29, 0.717) is 6.61 Å². The molecule has 3 rings (SSSR count). The van der Waals surface area contributed by atoms with Gasteiger partial charge in [-0.1, -0.05) is 30.3 Å². The fourth-order valence-corrected chi connectivity index (χ4v) is 2.93. The summed E-state index contributed by atoms with van der Waals surface area (Å²) in [5, 5.41) is 6.75. The van der Waals surface area contributed by atoms with E-state index in [-0.39, 0.29) is 24.7 Å². The van der Waals surface area contributed by atoms with Crippen LogP contribution in [0.1, 0.15) is 29.5 Å². The van der Waals surface area contributed by atoms with Gasteiger partial charge in [-0.15, -0.1) is 0 Å². The van der Waals surface area contributed by atoms with Gasteiger partial charge in [0.25, 0.3) is 0 Å². The van der Waals surface area contributed by atoms with Crippen molar-refractivity contribution in [1.29, 1.82) is 0 Å². The van der Waals surface area contributed by atoms with Crippen LogP contribution in [0.3, 0.4) is 0 Å². The number of nitrogens with one attached hydrogen (secondary N) is 2. The number of hydrogen-bond acceptors (Lipinski definition) is 5. The van der Waals surface area contributed by atoms with Crippen LogP contribution in [0.15, 0.2) is 77.9 Å². The van der Waals surface area contributed by atoms with Gasteiger partial charge in [0.05, 0.1) is 13.3 Å². The molecule has 0 aliphatic rings. The summed E-state index contributed by atoms with van der Waals surface area (Å²) in [6.45, 7) is 2.36. The fraction of sp³-hybridized carbons (Fsp3) is 0.192. The summed E-state index contributed by atoms with van der Waals surface area (Å²) in [7, 11) is 1.63. The third-order valence-electron chi connectivity index (χ3n) is 4.85. The van der Waals surface area contributed by atoms with Crippen molar-refractivity contribution >= 4 is 23.7 Å². The minimum atomic E-state index is -0.328. The van der Waals surface area contributed by atoms with Crippen molar-refractivity contribution in [3.05, 3.63) is 89.5 Å². The van der Waals surface area contributed by atoms with Crippen molar-refractivity contribution < 1.29 is 19.1 Å². The molecule has 0 unspecified atom stereocenters. The highest BCUT2D eigenvalue weighted by Crippen LogP contribution is 2.16. The molecule has 0 heterocycles. The van der Waals surface area contributed by atoms with Gasteiger partial charge in [0, 0.05) is 18.5 Å². The van der Waals surface area contributed by atoms with Gasteiger partial charge in [-0.25, -0.2) is 5.43 Å². The largest absolute Gasteiger partial charge is 0.497 e. The maximum atomic E-state index is 12.0. The molecule has 0 saturated carbocycles. The SMILES string of the molecule is COc1ccc(COc2ccc(C=NNC(=O)CCC(=O)Nc3ccccc3C)cc2)cc1. The second kappa shape index (κ2) is 12.0. The maximum absolute atomic E-state index is 12.0. The topological polar surface area (TPSA) is 89.0 Å². The van der Waals surface area contributed by atoms with Crippen molar-refractivity contribution in [3.63, 3.8) is 0 Å². The fourth-order valence-electron chi connectivity index (χ4n) is 2.93. The van der Waals surface area contributed by atoms with Gasteiger partial charge in [0.1, 0.15) is 18.1 Å². The molecule has 7 nitrogen and oxygen atoms in total. The Hall–Kier alpha value is -4.13. The van der Waals surface area contributed by atoms with Crippen molar-refractivity contribution in [2.75, 3.05) is 12.4 Å². The quantitative estimate of drug-likeness (QED) is 0.356. The molecule has 0 saturated heterocycles. The van der Waals surface area contributed by atoms with E-state index in [1.807, 2.05) is 79.7 Å². The number of nitrogens with zero attached hydrogens (tertiary/aromatic N) is 1. The number of aryl methyl sites for hydroxylation is 1. The van der Waals surface area contributed by atoms with Crippen LogP contribution in [-0.4, -0.2) is 25.1 Å². The van der Waals surface area contributed by atoms with Crippen molar-refractivity contribution in [1.82, 2.24) is 5.43 Å². The first-order valence-corrected chi connectivity index (χ1v) is 10.6. The number of anilines is 1. The first-order chi connectivity index (χ1) is 16.0. The van der Waals surface area contributed by atoms with E-state index < -0.39 is 0 Å². The molecular weight excluding hydrogens is 418 g/mol. The summed E-state index contributed by atoms with van der Waals surface area (Å²) in [6, 6.07) is 22.5. The van der Waals surface area contributed by atoms with E-state index >= 15 is 0 Å². The lowest BCUT2D eigenvalue weighted by Crippen LogP contribution is -2.20. The Morgan fingerprint density at radius 2 is 1.55 bits per heavy atom. The smallest absolute Gasteiger partial charge is 0.240 e. The zero-order valence-corrected chi connectivity index (χ0v) is 18.7. The highest BCUT2D eigenvalue weighted by molar-refractivity contribution is 5.94. The molecule has 7 heteroatoms. The van der Waals surface area contributed by atoms with Crippen LogP contribution in [0.25, 0.3) is 0 Å². The van der Waals surface area contributed by atoms with Gasteiger partial charge < -0.3 is 14.8 Å². The highest BCUT2D eigenvalue weighted by Gasteiger charge is 2.07. The summed E-state index contributed by atoms with van der Waals surface area (Å²) < 4.78 is 10.9. The Bertz CT molecular complexity index is 1090. The maximum Gasteiger partial charge on any atom is 0.240 e. The molecule has 0 aliphatic carbocycles. The van der Waals surface area contributed by atoms with Crippen LogP contribution in [0.4, 0.5) is 5.69 Å². The standard InChI is InChI=1S/C26H27N3O4/c1-19-5-3-4-6-24(19)28-25(30)15-16-26(31)29-27-17-20-7-13-23(14-8-20)33-18-21-9-11-22(32-2)12-10-21/h3-14,17H,15-16,18H2,1-2H3,(H,28,30)(H,29,31). The Kier molecular flexibility index (Phi) is 8.59. The summed E-state index contributed by atoms with van der Waals surface area (Å²) in [4.78, 5) is 24.0. The Labute approximate surface area is 193 Å². The zero-order chi connectivity index (χ0) is 23.5. The second-order valence-corrected chi connectivity index (χ2v) is 7.36. The molecule has 3 aromatic carbocycles. The number of hydrogen-bond donors (Lipinski definition) is 2. The van der Waals surface area contributed by atoms with Crippen molar-refractivity contribution in [2.45, 2.75) is 26.4 Å². The summed E-state index contributed by atoms with van der Waals surface area (Å²) in [5.41, 5.74) is 6.01. The molecule has 2 amide bonds. The van der Waals surface area contributed by atoms with Crippen LogP contribution in [-0.2, 0) is 16.2 Å². The first kappa shape index (κ1) is 23.5. The normalized spacial score (nSPS) is 10.6. The number of ether oxygens (including phenoxy) is 2. The predicted octanol–water partition coefficient (Wildman–Crippen LogP) is 4.45. The molecule has 0 fully saturated rings. The minimum absolute atomic E-state index is 0.0488. The van der Waals surface area contributed by atoms with E-state index in [4.69, 9.17) is 9.47 Å². The van der Waals surface area contributed by atoms with Gasteiger partial charge in [-0.05, 0) is 66.1 Å². The predicted molar refractivity (Wildman–Crippen MR) is 129 cm³/mol. The Balaban J connectivity index is 1.38. The molecule has 0 spiro atoms. The first-order valence-electron chi connectivity index (χ1n) is 10.6. The van der Waals surface area contributed by atoms with Gasteiger partial charge >= 0.3 is 0 Å². The summed E-state index contributed by atoms with van der Waals surface area (Å²) in [6.07, 6.45) is 1.67. The van der Waals surface area contributed by atoms with Gasteiger partial charge in [-0.2, -0.15) is 5.10 Å². The van der Waals surface area contributed by atoms with Crippen molar-refractivity contribution in [2.24, 2.45) is 5.10 Å². The van der Waals surface area contributed by atoms with E-state index in [1.54, 1.807) is 13.3 Å². The summed E-state index contributed by atoms with van der Waals surface area (Å²) in [5.74, 6) is 0.992. The molecule has 3 aromatic rings. The van der Waals surface area contributed by atoms with Crippen LogP contribution in [0, 0.1) is 6.92 Å². The Morgan fingerprint density at radius 1 is 0.879 bits per heavy atom. The number of benzene rings is 3. The number of rotatable bonds is 10. The average molecular weight is 446 g/mol. The molecule has 0 radical (unpaired) electrons. The molecule has 0 bridgehead atoms. The molecule has 170 valence electrons. The van der Waals surface area contributed by atoms with Crippen LogP contribution >= 0.6 is 0 Å². The molecular formula is C26H27N3O4. The molecule has 2 N–H and O–H groups in total. The highest BCUT2D eigenvalue weighted by atomic mass is 16.5. The monoisotopic (exact) mass is 445 g/mol. The lowest BCUT2D eigenvalue weighted by atomic mass is 10.2. The zero-order valence-electron chi connectivity index (χ0n) is 18.7. The van der Waals surface area contributed by atoms with E-state index in [1.165, 1.54) is 0 Å². The number of para-hydroxylation sites is 1. The van der Waals surface area contributed by atoms with Crippen LogP contribution in [0.2, 0.25) is 0 Å². The van der Waals surface area contributed by atoms with Crippen LogP contribution < -0.4 is 20.2 Å². The minimum Gasteiger partial charge on any atom is -0.497 e. The number of amides is 2. The van der Waals surface area contributed by atoms with Crippen LogP contribution in [0.5, 0.6) is 11.5 Å². The lowest BCUT2D eigenvalue weighted by molar-refractivity contribution is -0.124. The van der Waals surface area contributed by atoms with E-state index in [9.17, 15) is 9.59 Å². The van der Waals surface area contributed by atoms with E-state index in [0.717, 1.165) is 33.9 Å². The molecule has 33 heavy (non-hydrogen) atoms. The lowest BCUT2D eigenvalue weighted by Gasteiger charge is -2.07. The van der Waals surface area contributed by atoms with Crippen molar-refractivity contribution in [3.8, 4) is 11.5 Å². The molecule has 0 atom stereocenters. The number of hydrazone groups is 1. The third kappa shape index (κ3) is 7.81. The number of methoxy groups -OCH3 is 1. The average Bonchev–Trinajstić information content (AvgIpc) is 2.84. The Morgan fingerprint density at radius 3 is 2.24 bits per heavy atom. The van der Waals surface area contributed by atoms with E-state index in [2.05, 4.69) is 15.8 Å². The summed E-state index contributed by atoms with van der Waals surface area (Å²) >= 11 is 0. The van der Waals surface area contributed by atoms with Gasteiger partial charge in [-0.3, -0.25) is 9.59 Å². The molecule has 0 aromatic heterocycles. The molecule has 0 aliphatic heterocycles.